The minimum atomic E-state index is -4.28. The first kappa shape index (κ1) is 37.7. The van der Waals surface area contributed by atoms with Gasteiger partial charge in [-0.25, -0.2) is 16.8 Å². The van der Waals surface area contributed by atoms with Crippen LogP contribution in [0.15, 0.2) is 108 Å². The summed E-state index contributed by atoms with van der Waals surface area (Å²) in [5.41, 5.74) is 7.17. The third-order valence-corrected chi connectivity index (χ3v) is 12.1. The summed E-state index contributed by atoms with van der Waals surface area (Å²) in [5.74, 6) is -0.747. The predicted molar refractivity (Wildman–Crippen MR) is 210 cm³/mol. The lowest BCUT2D eigenvalue weighted by molar-refractivity contribution is -0.438. The summed E-state index contributed by atoms with van der Waals surface area (Å²) in [4.78, 5) is 2.27. The van der Waals surface area contributed by atoms with E-state index in [1.54, 1.807) is 0 Å². The third-order valence-electron chi connectivity index (χ3n) is 10.6. The van der Waals surface area contributed by atoms with Crippen LogP contribution in [0.3, 0.4) is 0 Å². The number of unbranched alkanes of at least 4 members (excludes halogenated alkanes) is 2. The number of fused-ring (bicyclic) bond motifs is 6. The van der Waals surface area contributed by atoms with Crippen molar-refractivity contribution in [2.75, 3.05) is 29.5 Å². The van der Waals surface area contributed by atoms with E-state index in [0.717, 1.165) is 39.1 Å². The summed E-state index contributed by atoms with van der Waals surface area (Å²) in [7, 11) is -8.55. The van der Waals surface area contributed by atoms with E-state index in [-0.39, 0.29) is 22.3 Å². The van der Waals surface area contributed by atoms with Gasteiger partial charge < -0.3 is 14.0 Å². The minimum Gasteiger partial charge on any atom is -0.748 e. The lowest BCUT2D eigenvalue weighted by atomic mass is 9.79. The fourth-order valence-corrected chi connectivity index (χ4v) is 9.24. The summed E-state index contributed by atoms with van der Waals surface area (Å²) in [6.07, 6.45) is 10.3. The van der Waals surface area contributed by atoms with Crippen molar-refractivity contribution >= 4 is 58.9 Å². The highest BCUT2D eigenvalue weighted by molar-refractivity contribution is 7.85. The molecule has 8 nitrogen and oxygen atoms in total. The molecule has 0 N–H and O–H groups in total. The fraction of sp³-hybridized carbons (Fsp3) is 0.357. The SMILES string of the molecule is CC(C=CC1=[N+](CCCCS(=O)(=O)[O-])c2ccc3ccccc3c2C1(C)C)=CC=C1N(CCCCS(=O)(=O)[O-])c2ccc3ccccc3c2C1(C)C. The minimum absolute atomic E-state index is 0.297. The third kappa shape index (κ3) is 7.67. The van der Waals surface area contributed by atoms with Crippen LogP contribution >= 0.6 is 0 Å². The molecule has 2 aliphatic heterocycles. The van der Waals surface area contributed by atoms with Gasteiger partial charge in [-0.2, -0.15) is 4.58 Å². The van der Waals surface area contributed by atoms with Gasteiger partial charge in [-0.15, -0.1) is 0 Å². The summed E-state index contributed by atoms with van der Waals surface area (Å²) < 4.78 is 70.2. The number of allylic oxidation sites excluding steroid dienone is 6. The highest BCUT2D eigenvalue weighted by Crippen LogP contribution is 2.51. The molecule has 52 heavy (non-hydrogen) atoms. The Kier molecular flexibility index (Phi) is 10.4. The molecule has 0 spiro atoms. The van der Waals surface area contributed by atoms with Crippen molar-refractivity contribution in [1.82, 2.24) is 0 Å². The van der Waals surface area contributed by atoms with Gasteiger partial charge in [-0.3, -0.25) is 0 Å². The molecule has 0 radical (unpaired) electrons. The number of rotatable bonds is 13. The van der Waals surface area contributed by atoms with E-state index in [1.807, 2.05) is 12.1 Å². The van der Waals surface area contributed by atoms with E-state index in [2.05, 4.69) is 129 Å². The van der Waals surface area contributed by atoms with Gasteiger partial charge in [0, 0.05) is 59.0 Å². The van der Waals surface area contributed by atoms with E-state index >= 15 is 0 Å². The average molecular weight is 740 g/mol. The van der Waals surface area contributed by atoms with Crippen LogP contribution in [-0.4, -0.2) is 60.8 Å². The molecule has 2 heterocycles. The second kappa shape index (κ2) is 14.4. The molecule has 0 unspecified atom stereocenters. The number of hydrogen-bond donors (Lipinski definition) is 0. The molecule has 0 amide bonds. The molecule has 0 saturated carbocycles. The Labute approximate surface area is 308 Å². The zero-order chi connectivity index (χ0) is 37.5. The Hall–Kier alpha value is -4.09. The summed E-state index contributed by atoms with van der Waals surface area (Å²) in [6, 6.07) is 25.2. The highest BCUT2D eigenvalue weighted by Gasteiger charge is 2.45. The molecular formula is C42H47N2O6S2-. The zero-order valence-electron chi connectivity index (χ0n) is 30.6. The number of nitrogens with zero attached hydrogens (tertiary/aromatic N) is 2. The van der Waals surface area contributed by atoms with Gasteiger partial charge in [0.25, 0.3) is 0 Å². The van der Waals surface area contributed by atoms with Crippen molar-refractivity contribution < 1.29 is 30.5 Å². The normalized spacial score (nSPS) is 17.9. The molecule has 0 saturated heterocycles. The van der Waals surface area contributed by atoms with Gasteiger partial charge in [0.1, 0.15) is 6.54 Å². The summed E-state index contributed by atoms with van der Waals surface area (Å²) in [5, 5.41) is 4.68. The van der Waals surface area contributed by atoms with Crippen LogP contribution < -0.4 is 4.90 Å². The molecule has 0 atom stereocenters. The Morgan fingerprint density at radius 3 is 1.94 bits per heavy atom. The molecule has 10 heteroatoms. The molecule has 6 rings (SSSR count). The number of hydrogen-bond acceptors (Lipinski definition) is 7. The first-order chi connectivity index (χ1) is 24.5. The van der Waals surface area contributed by atoms with Crippen LogP contribution in [-0.2, 0) is 31.1 Å². The van der Waals surface area contributed by atoms with Crippen molar-refractivity contribution in [2.24, 2.45) is 0 Å². The van der Waals surface area contributed by atoms with Crippen molar-refractivity contribution in [3.63, 3.8) is 0 Å². The maximum absolute atomic E-state index is 11.3. The predicted octanol–water partition coefficient (Wildman–Crippen LogP) is 8.20. The van der Waals surface area contributed by atoms with Crippen LogP contribution in [0.1, 0.15) is 71.4 Å². The lowest BCUT2D eigenvalue weighted by Gasteiger charge is -2.27. The number of benzene rings is 4. The first-order valence-corrected chi connectivity index (χ1v) is 21.1. The van der Waals surface area contributed by atoms with Crippen LogP contribution in [0, 0.1) is 0 Å². The maximum Gasteiger partial charge on any atom is 0.210 e. The van der Waals surface area contributed by atoms with Crippen molar-refractivity contribution in [1.29, 1.82) is 0 Å². The quantitative estimate of drug-likeness (QED) is 0.0587. The monoisotopic (exact) mass is 739 g/mol. The molecular weight excluding hydrogens is 693 g/mol. The lowest BCUT2D eigenvalue weighted by Crippen LogP contribution is -2.28. The Morgan fingerprint density at radius 2 is 1.31 bits per heavy atom. The molecule has 0 fully saturated rings. The second-order valence-electron chi connectivity index (χ2n) is 15.0. The fourth-order valence-electron chi connectivity index (χ4n) is 8.13. The summed E-state index contributed by atoms with van der Waals surface area (Å²) in [6.45, 7) is 12.1. The molecule has 0 aromatic heterocycles. The van der Waals surface area contributed by atoms with Gasteiger partial charge in [0.15, 0.2) is 5.71 Å². The van der Waals surface area contributed by atoms with Crippen LogP contribution in [0.4, 0.5) is 11.4 Å². The maximum atomic E-state index is 11.3. The van der Waals surface area contributed by atoms with Gasteiger partial charge in [0.2, 0.25) is 5.69 Å². The van der Waals surface area contributed by atoms with Gasteiger partial charge in [-0.05, 0) is 85.4 Å². The molecule has 4 aromatic carbocycles. The summed E-state index contributed by atoms with van der Waals surface area (Å²) >= 11 is 0. The largest absolute Gasteiger partial charge is 0.748 e. The second-order valence-corrected chi connectivity index (χ2v) is 18.1. The Morgan fingerprint density at radius 1 is 0.731 bits per heavy atom. The van der Waals surface area contributed by atoms with Crippen LogP contribution in [0.2, 0.25) is 0 Å². The topological polar surface area (TPSA) is 121 Å². The molecule has 4 aromatic rings. The molecule has 2 aliphatic rings. The number of anilines is 1. The van der Waals surface area contributed by atoms with Crippen molar-refractivity contribution in [2.45, 2.75) is 71.1 Å². The average Bonchev–Trinajstić information content (AvgIpc) is 3.43. The first-order valence-electron chi connectivity index (χ1n) is 17.9. The van der Waals surface area contributed by atoms with Crippen molar-refractivity contribution in [3.8, 4) is 0 Å². The van der Waals surface area contributed by atoms with Crippen LogP contribution in [0.5, 0.6) is 0 Å². The van der Waals surface area contributed by atoms with E-state index in [1.165, 1.54) is 21.9 Å². The molecule has 0 bridgehead atoms. The van der Waals surface area contributed by atoms with Crippen LogP contribution in [0.25, 0.3) is 21.5 Å². The standard InChI is InChI=1S/C42H48N2O6S2/c1-30(18-24-37-41(2,3)39-33-16-8-6-14-31(33)20-22-35(39)43(37)26-10-12-28-51(45,46)47)19-25-38-42(4,5)40-34-17-9-7-15-32(34)21-23-36(40)44(38)27-11-13-29-52(48,49)50/h6-9,14-25H,10-13,26-29H2,1-5H3,(H-,45,46,47,48,49,50)/p-1. The van der Waals surface area contributed by atoms with Gasteiger partial charge in [-0.1, -0.05) is 86.2 Å². The zero-order valence-corrected chi connectivity index (χ0v) is 32.2. The smallest absolute Gasteiger partial charge is 0.210 e. The Balaban J connectivity index is 1.36. The Bertz CT molecular complexity index is 2390. The van der Waals surface area contributed by atoms with E-state index in [9.17, 15) is 25.9 Å². The van der Waals surface area contributed by atoms with Crippen molar-refractivity contribution in [3.05, 3.63) is 119 Å². The van der Waals surface area contributed by atoms with Gasteiger partial charge >= 0.3 is 0 Å². The van der Waals surface area contributed by atoms with E-state index in [0.29, 0.717) is 38.8 Å². The van der Waals surface area contributed by atoms with E-state index < -0.39 is 20.2 Å². The van der Waals surface area contributed by atoms with Gasteiger partial charge in [0.05, 0.1) is 25.7 Å². The molecule has 274 valence electrons. The highest BCUT2D eigenvalue weighted by atomic mass is 32.2. The van der Waals surface area contributed by atoms with E-state index in [4.69, 9.17) is 0 Å². The molecule has 0 aliphatic carbocycles.